The molecule has 0 spiro atoms. The van der Waals surface area contributed by atoms with E-state index in [4.69, 9.17) is 0 Å². The second kappa shape index (κ2) is 2.13. The van der Waals surface area contributed by atoms with Gasteiger partial charge in [0.15, 0.2) is 0 Å². The fourth-order valence-electron chi connectivity index (χ4n) is 0.779. The normalized spacial score (nSPS) is 29.6. The van der Waals surface area contributed by atoms with E-state index in [0.717, 1.165) is 6.54 Å². The van der Waals surface area contributed by atoms with Crippen molar-refractivity contribution < 1.29 is 4.79 Å². The first-order chi connectivity index (χ1) is 3.79. The molecule has 1 aliphatic heterocycles. The van der Waals surface area contributed by atoms with Crippen LogP contribution in [-0.2, 0) is 4.79 Å². The third-order valence-electron chi connectivity index (χ3n) is 1.14. The Labute approximate surface area is 48.5 Å². The van der Waals surface area contributed by atoms with Crippen LogP contribution in [0.5, 0.6) is 0 Å². The van der Waals surface area contributed by atoms with Crippen LogP contribution in [0.25, 0.3) is 0 Å². The van der Waals surface area contributed by atoms with E-state index in [0.29, 0.717) is 12.6 Å². The Morgan fingerprint density at radius 3 is 2.88 bits per heavy atom. The maximum atomic E-state index is 10.5. The Hall–Kier alpha value is -0.570. The Balaban J connectivity index is 2.34. The number of amides is 1. The van der Waals surface area contributed by atoms with Gasteiger partial charge in [-0.3, -0.25) is 4.79 Å². The number of piperazine rings is 1. The van der Waals surface area contributed by atoms with Crippen LogP contribution in [0.1, 0.15) is 6.92 Å². The summed E-state index contributed by atoms with van der Waals surface area (Å²) in [6.45, 7) is 3.35. The molecule has 46 valence electrons. The lowest BCUT2D eigenvalue weighted by atomic mass is 10.3. The van der Waals surface area contributed by atoms with Crippen molar-refractivity contribution in [2.24, 2.45) is 0 Å². The van der Waals surface area contributed by atoms with Crippen molar-refractivity contribution in [3.63, 3.8) is 0 Å². The number of nitrogens with one attached hydrogen (secondary N) is 2. The zero-order valence-corrected chi connectivity index (χ0v) is 4.90. The molecule has 8 heavy (non-hydrogen) atoms. The van der Waals surface area contributed by atoms with Gasteiger partial charge in [-0.1, -0.05) is 0 Å². The lowest BCUT2D eigenvalue weighted by Crippen LogP contribution is -2.50. The molecule has 2 N–H and O–H groups in total. The molecular formula is C5H10N2O. The van der Waals surface area contributed by atoms with Crippen molar-refractivity contribution >= 4 is 5.91 Å². The third kappa shape index (κ3) is 1.20. The highest BCUT2D eigenvalue weighted by Crippen LogP contribution is 1.83. The summed E-state index contributed by atoms with van der Waals surface area (Å²) in [6, 6.07) is 0.302. The first-order valence-electron chi connectivity index (χ1n) is 2.79. The summed E-state index contributed by atoms with van der Waals surface area (Å²) in [5.41, 5.74) is 0. The fraction of sp³-hybridized carbons (Fsp3) is 0.800. The predicted octanol–water partition coefficient (Wildman–Crippen LogP) is -0.906. The third-order valence-corrected chi connectivity index (χ3v) is 1.14. The molecule has 1 saturated heterocycles. The summed E-state index contributed by atoms with van der Waals surface area (Å²) < 4.78 is 0. The molecule has 0 aliphatic carbocycles. The van der Waals surface area contributed by atoms with Gasteiger partial charge >= 0.3 is 0 Å². The molecule has 0 radical (unpaired) electrons. The summed E-state index contributed by atoms with van der Waals surface area (Å²) in [5, 5.41) is 5.75. The number of carbonyl (C=O) groups is 1. The number of hydrogen-bond donors (Lipinski definition) is 2. The summed E-state index contributed by atoms with van der Waals surface area (Å²) in [6.07, 6.45) is 0. The summed E-state index contributed by atoms with van der Waals surface area (Å²) in [4.78, 5) is 10.5. The Kier molecular flexibility index (Phi) is 1.48. The smallest absolute Gasteiger partial charge is 0.234 e. The van der Waals surface area contributed by atoms with Gasteiger partial charge in [0, 0.05) is 12.6 Å². The molecule has 0 aromatic carbocycles. The zero-order chi connectivity index (χ0) is 5.98. The topological polar surface area (TPSA) is 41.1 Å². The second-order valence-corrected chi connectivity index (χ2v) is 2.10. The lowest BCUT2D eigenvalue weighted by molar-refractivity contribution is -0.121. The first-order valence-corrected chi connectivity index (χ1v) is 2.79. The van der Waals surface area contributed by atoms with Crippen LogP contribution in [0.15, 0.2) is 0 Å². The van der Waals surface area contributed by atoms with Gasteiger partial charge in [-0.2, -0.15) is 0 Å². The van der Waals surface area contributed by atoms with Crippen LogP contribution in [0.3, 0.4) is 0 Å². The van der Waals surface area contributed by atoms with Crippen LogP contribution >= 0.6 is 0 Å². The second-order valence-electron chi connectivity index (χ2n) is 2.10. The van der Waals surface area contributed by atoms with Crippen LogP contribution in [-0.4, -0.2) is 25.0 Å². The molecule has 1 aliphatic rings. The van der Waals surface area contributed by atoms with E-state index < -0.39 is 0 Å². The van der Waals surface area contributed by atoms with Gasteiger partial charge in [0.2, 0.25) is 5.91 Å². The molecule has 3 heteroatoms. The Bertz CT molecular complexity index is 103. The van der Waals surface area contributed by atoms with Crippen molar-refractivity contribution in [2.75, 3.05) is 13.1 Å². The maximum Gasteiger partial charge on any atom is 0.234 e. The van der Waals surface area contributed by atoms with Crippen LogP contribution < -0.4 is 10.6 Å². The molecule has 1 fully saturated rings. The van der Waals surface area contributed by atoms with E-state index in [1.165, 1.54) is 0 Å². The molecule has 1 amide bonds. The van der Waals surface area contributed by atoms with Crippen molar-refractivity contribution in [2.45, 2.75) is 13.0 Å². The molecule has 0 bridgehead atoms. The molecule has 1 atom stereocenters. The molecule has 3 nitrogen and oxygen atoms in total. The Morgan fingerprint density at radius 1 is 1.75 bits per heavy atom. The van der Waals surface area contributed by atoms with Crippen molar-refractivity contribution in [3.8, 4) is 0 Å². The highest BCUT2D eigenvalue weighted by atomic mass is 16.2. The zero-order valence-electron chi connectivity index (χ0n) is 4.90. The number of rotatable bonds is 0. The average Bonchev–Trinajstić information content (AvgIpc) is 1.64. The summed E-state index contributed by atoms with van der Waals surface area (Å²) in [5.74, 6) is 0.101. The van der Waals surface area contributed by atoms with E-state index in [-0.39, 0.29) is 5.91 Å². The van der Waals surface area contributed by atoms with E-state index in [1.807, 2.05) is 6.92 Å². The molecule has 0 unspecified atom stereocenters. The van der Waals surface area contributed by atoms with Gasteiger partial charge in [0.25, 0.3) is 0 Å². The highest BCUT2D eigenvalue weighted by Gasteiger charge is 2.11. The first kappa shape index (κ1) is 5.56. The minimum Gasteiger partial charge on any atom is -0.351 e. The van der Waals surface area contributed by atoms with E-state index in [2.05, 4.69) is 10.6 Å². The van der Waals surface area contributed by atoms with E-state index >= 15 is 0 Å². The molecule has 1 rings (SSSR count). The number of hydrogen-bond acceptors (Lipinski definition) is 2. The monoisotopic (exact) mass is 114 g/mol. The largest absolute Gasteiger partial charge is 0.351 e. The van der Waals surface area contributed by atoms with Gasteiger partial charge in [-0.15, -0.1) is 0 Å². The van der Waals surface area contributed by atoms with Gasteiger partial charge in [-0.25, -0.2) is 0 Å². The quantitative estimate of drug-likeness (QED) is 0.428. The Morgan fingerprint density at radius 2 is 2.50 bits per heavy atom. The number of carbonyl (C=O) groups excluding carboxylic acids is 1. The van der Waals surface area contributed by atoms with Crippen LogP contribution in [0.4, 0.5) is 0 Å². The highest BCUT2D eigenvalue weighted by molar-refractivity contribution is 5.79. The van der Waals surface area contributed by atoms with E-state index in [9.17, 15) is 4.79 Å². The minimum atomic E-state index is 0.101. The predicted molar refractivity (Wildman–Crippen MR) is 30.5 cm³/mol. The minimum absolute atomic E-state index is 0.101. The van der Waals surface area contributed by atoms with Gasteiger partial charge in [0.05, 0.1) is 6.54 Å². The fourth-order valence-corrected chi connectivity index (χ4v) is 0.779. The molecule has 1 heterocycles. The van der Waals surface area contributed by atoms with Crippen molar-refractivity contribution in [3.05, 3.63) is 0 Å². The van der Waals surface area contributed by atoms with E-state index in [1.54, 1.807) is 0 Å². The summed E-state index contributed by atoms with van der Waals surface area (Å²) >= 11 is 0. The molecule has 0 saturated carbocycles. The molecule has 0 aromatic heterocycles. The summed E-state index contributed by atoms with van der Waals surface area (Å²) in [7, 11) is 0. The van der Waals surface area contributed by atoms with Gasteiger partial charge in [0.1, 0.15) is 0 Å². The van der Waals surface area contributed by atoms with Gasteiger partial charge in [-0.05, 0) is 6.92 Å². The van der Waals surface area contributed by atoms with Crippen molar-refractivity contribution in [1.82, 2.24) is 10.6 Å². The van der Waals surface area contributed by atoms with Crippen LogP contribution in [0, 0.1) is 0 Å². The van der Waals surface area contributed by atoms with Gasteiger partial charge < -0.3 is 10.6 Å². The maximum absolute atomic E-state index is 10.5. The average molecular weight is 114 g/mol. The lowest BCUT2D eigenvalue weighted by Gasteiger charge is -2.19. The van der Waals surface area contributed by atoms with Crippen molar-refractivity contribution in [1.29, 1.82) is 0 Å². The molecule has 0 aromatic rings. The van der Waals surface area contributed by atoms with Crippen LogP contribution in [0.2, 0.25) is 0 Å². The standard InChI is InChI=1S/C5H10N2O/c1-4-2-6-3-5(8)7-4/h4,6H,2-3H2,1H3,(H,7,8)/t4-/m1/s1. The molecular weight excluding hydrogens is 104 g/mol. The SMILES string of the molecule is C[C@@H]1CNCC(=O)N1.